The fourth-order valence-corrected chi connectivity index (χ4v) is 4.53. The molecule has 0 saturated heterocycles. The maximum Gasteiger partial charge on any atom is 0.253 e. The van der Waals surface area contributed by atoms with Crippen molar-refractivity contribution in [3.05, 3.63) is 118 Å². The summed E-state index contributed by atoms with van der Waals surface area (Å²) in [6, 6.07) is 24.4. The van der Waals surface area contributed by atoms with E-state index in [1.54, 1.807) is 36.6 Å². The van der Waals surface area contributed by atoms with Crippen molar-refractivity contribution >= 4 is 23.2 Å². The lowest BCUT2D eigenvalue weighted by Gasteiger charge is -2.27. The number of hydrogen-bond acceptors (Lipinski definition) is 5. The van der Waals surface area contributed by atoms with Gasteiger partial charge in [-0.1, -0.05) is 48.5 Å². The highest BCUT2D eigenvalue weighted by molar-refractivity contribution is 7.09. The minimum absolute atomic E-state index is 0.0274. The van der Waals surface area contributed by atoms with Crippen LogP contribution in [0.3, 0.4) is 0 Å². The lowest BCUT2D eigenvalue weighted by atomic mass is 10.0. The Bertz CT molecular complexity index is 1170. The number of furan rings is 1. The first-order valence-electron chi connectivity index (χ1n) is 11.4. The van der Waals surface area contributed by atoms with E-state index in [2.05, 4.69) is 5.32 Å². The van der Waals surface area contributed by atoms with Crippen molar-refractivity contribution in [3.63, 3.8) is 0 Å². The van der Waals surface area contributed by atoms with E-state index in [0.717, 1.165) is 21.8 Å². The van der Waals surface area contributed by atoms with E-state index in [1.807, 2.05) is 89.1 Å². The number of hydrogen-bond donors (Lipinski definition) is 1. The van der Waals surface area contributed by atoms with Gasteiger partial charge in [-0.2, -0.15) is 0 Å². The molecule has 0 aliphatic rings. The van der Waals surface area contributed by atoms with Crippen LogP contribution in [0.4, 0.5) is 0 Å². The van der Waals surface area contributed by atoms with Crippen molar-refractivity contribution < 1.29 is 14.0 Å². The van der Waals surface area contributed by atoms with Gasteiger partial charge in [0.05, 0.1) is 19.4 Å². The van der Waals surface area contributed by atoms with Crippen molar-refractivity contribution in [2.24, 2.45) is 0 Å². The minimum Gasteiger partial charge on any atom is -0.467 e. The Morgan fingerprint density at radius 2 is 1.69 bits per heavy atom. The Morgan fingerprint density at radius 1 is 0.914 bits per heavy atom. The number of rotatable bonds is 10. The molecule has 0 aliphatic carbocycles. The van der Waals surface area contributed by atoms with Gasteiger partial charge in [0.25, 0.3) is 5.91 Å². The molecular formula is C28H29N3O3S. The van der Waals surface area contributed by atoms with Crippen LogP contribution in [0, 0.1) is 0 Å². The zero-order chi connectivity index (χ0) is 24.6. The van der Waals surface area contributed by atoms with Gasteiger partial charge < -0.3 is 14.2 Å². The Hall–Kier alpha value is -3.68. The monoisotopic (exact) mass is 487 g/mol. The fourth-order valence-electron chi connectivity index (χ4n) is 3.81. The molecule has 4 rings (SSSR count). The zero-order valence-corrected chi connectivity index (χ0v) is 20.7. The number of benzene rings is 2. The number of carbonyl (C=O) groups excluding carboxylic acids is 2. The fraction of sp³-hybridized carbons (Fsp3) is 0.214. The van der Waals surface area contributed by atoms with Gasteiger partial charge in [0.1, 0.15) is 11.8 Å². The SMILES string of the molecule is CN(C)C(=O)c1ccc(CN[C@H](C(=O)N(Cc2ccco2)Cc2cccs2)c2ccccc2)cc1. The number of amides is 2. The summed E-state index contributed by atoms with van der Waals surface area (Å²) in [6.45, 7) is 1.37. The molecule has 1 atom stereocenters. The topological polar surface area (TPSA) is 65.8 Å². The highest BCUT2D eigenvalue weighted by Crippen LogP contribution is 2.22. The molecule has 0 saturated carbocycles. The predicted octanol–water partition coefficient (Wildman–Crippen LogP) is 5.10. The van der Waals surface area contributed by atoms with E-state index in [0.29, 0.717) is 25.2 Å². The van der Waals surface area contributed by atoms with Crippen LogP contribution < -0.4 is 5.32 Å². The highest BCUT2D eigenvalue weighted by atomic mass is 32.1. The van der Waals surface area contributed by atoms with Crippen molar-refractivity contribution in [1.82, 2.24) is 15.1 Å². The largest absolute Gasteiger partial charge is 0.467 e. The number of carbonyl (C=O) groups is 2. The van der Waals surface area contributed by atoms with Gasteiger partial charge in [-0.05, 0) is 46.8 Å². The van der Waals surface area contributed by atoms with Crippen LogP contribution in [0.2, 0.25) is 0 Å². The lowest BCUT2D eigenvalue weighted by Crippen LogP contribution is -2.40. The zero-order valence-electron chi connectivity index (χ0n) is 19.9. The van der Waals surface area contributed by atoms with Crippen LogP contribution in [0.25, 0.3) is 0 Å². The second kappa shape index (κ2) is 11.6. The Kier molecular flexibility index (Phi) is 8.13. The molecule has 0 spiro atoms. The first kappa shape index (κ1) is 24.4. The second-order valence-corrected chi connectivity index (χ2v) is 9.51. The van der Waals surface area contributed by atoms with Crippen molar-refractivity contribution in [3.8, 4) is 0 Å². The van der Waals surface area contributed by atoms with Crippen LogP contribution in [0.1, 0.15) is 38.2 Å². The van der Waals surface area contributed by atoms with Crippen LogP contribution in [-0.2, 0) is 24.4 Å². The summed E-state index contributed by atoms with van der Waals surface area (Å²) in [4.78, 5) is 30.6. The maximum absolute atomic E-state index is 13.9. The summed E-state index contributed by atoms with van der Waals surface area (Å²) < 4.78 is 5.55. The summed E-state index contributed by atoms with van der Waals surface area (Å²) >= 11 is 1.63. The number of thiophene rings is 1. The van der Waals surface area contributed by atoms with E-state index in [-0.39, 0.29) is 11.8 Å². The molecule has 0 fully saturated rings. The molecule has 0 bridgehead atoms. The molecule has 180 valence electrons. The van der Waals surface area contributed by atoms with E-state index < -0.39 is 6.04 Å². The molecule has 0 unspecified atom stereocenters. The van der Waals surface area contributed by atoms with Crippen molar-refractivity contribution in [1.29, 1.82) is 0 Å². The van der Waals surface area contributed by atoms with Crippen molar-refractivity contribution in [2.75, 3.05) is 14.1 Å². The molecule has 7 heteroatoms. The maximum atomic E-state index is 13.9. The van der Waals surface area contributed by atoms with Crippen molar-refractivity contribution in [2.45, 2.75) is 25.7 Å². The summed E-state index contributed by atoms with van der Waals surface area (Å²) in [7, 11) is 3.47. The predicted molar refractivity (Wildman–Crippen MR) is 138 cm³/mol. The van der Waals surface area contributed by atoms with Gasteiger partial charge in [0.2, 0.25) is 5.91 Å². The molecule has 2 amide bonds. The van der Waals surface area contributed by atoms with E-state index in [1.165, 1.54) is 0 Å². The highest BCUT2D eigenvalue weighted by Gasteiger charge is 2.27. The number of nitrogens with zero attached hydrogens (tertiary/aromatic N) is 2. The Labute approximate surface area is 209 Å². The minimum atomic E-state index is -0.533. The third-order valence-electron chi connectivity index (χ3n) is 5.66. The van der Waals surface area contributed by atoms with Gasteiger partial charge in [-0.25, -0.2) is 0 Å². The van der Waals surface area contributed by atoms with Crippen LogP contribution >= 0.6 is 11.3 Å². The van der Waals surface area contributed by atoms with Gasteiger partial charge >= 0.3 is 0 Å². The van der Waals surface area contributed by atoms with E-state index >= 15 is 0 Å². The van der Waals surface area contributed by atoms with Gasteiger partial charge in [0, 0.05) is 31.1 Å². The standard InChI is InChI=1S/C28H29N3O3S/c1-30(2)27(32)23-14-12-21(13-15-23)18-29-26(22-8-4-3-5-9-22)28(33)31(19-24-10-6-16-34-24)20-25-11-7-17-35-25/h3-17,26,29H,18-20H2,1-2H3/t26-/m0/s1. The second-order valence-electron chi connectivity index (χ2n) is 8.47. The Balaban J connectivity index is 1.55. The quantitative estimate of drug-likeness (QED) is 0.338. The van der Waals surface area contributed by atoms with Crippen LogP contribution in [0.5, 0.6) is 0 Å². The summed E-state index contributed by atoms with van der Waals surface area (Å²) in [5.41, 5.74) is 2.52. The third kappa shape index (κ3) is 6.47. The molecule has 2 heterocycles. The van der Waals surface area contributed by atoms with E-state index in [4.69, 9.17) is 4.42 Å². The third-order valence-corrected chi connectivity index (χ3v) is 6.52. The number of nitrogens with one attached hydrogen (secondary N) is 1. The normalized spacial score (nSPS) is 11.7. The van der Waals surface area contributed by atoms with Crippen LogP contribution in [0.15, 0.2) is 94.9 Å². The molecule has 0 aliphatic heterocycles. The smallest absolute Gasteiger partial charge is 0.253 e. The average molecular weight is 488 g/mol. The molecular weight excluding hydrogens is 458 g/mol. The molecule has 0 radical (unpaired) electrons. The summed E-state index contributed by atoms with van der Waals surface area (Å²) in [5, 5.41) is 5.47. The Morgan fingerprint density at radius 3 is 2.31 bits per heavy atom. The van der Waals surface area contributed by atoms with Gasteiger partial charge in [-0.15, -0.1) is 11.3 Å². The molecule has 2 aromatic carbocycles. The lowest BCUT2D eigenvalue weighted by molar-refractivity contribution is -0.135. The van der Waals surface area contributed by atoms with Gasteiger partial charge in [-0.3, -0.25) is 14.9 Å². The van der Waals surface area contributed by atoms with Crippen LogP contribution in [-0.4, -0.2) is 35.7 Å². The molecule has 6 nitrogen and oxygen atoms in total. The molecule has 1 N–H and O–H groups in total. The average Bonchev–Trinajstić information content (AvgIpc) is 3.59. The first-order chi connectivity index (χ1) is 17.0. The first-order valence-corrected chi connectivity index (χ1v) is 12.3. The summed E-state index contributed by atoms with van der Waals surface area (Å²) in [5.74, 6) is 0.673. The molecule has 4 aromatic rings. The molecule has 2 aromatic heterocycles. The van der Waals surface area contributed by atoms with Gasteiger partial charge in [0.15, 0.2) is 0 Å². The van der Waals surface area contributed by atoms with E-state index in [9.17, 15) is 9.59 Å². The summed E-state index contributed by atoms with van der Waals surface area (Å²) in [6.07, 6.45) is 1.63. The molecule has 35 heavy (non-hydrogen) atoms.